The molecule has 1 aromatic carbocycles. The summed E-state index contributed by atoms with van der Waals surface area (Å²) in [7, 11) is 0. The van der Waals surface area contributed by atoms with Crippen molar-refractivity contribution in [3.63, 3.8) is 0 Å². The maximum atomic E-state index is 12.4. The molecule has 0 unspecified atom stereocenters. The van der Waals surface area contributed by atoms with E-state index in [4.69, 9.17) is 5.11 Å². The highest BCUT2D eigenvalue weighted by Crippen LogP contribution is 2.22. The maximum Gasteiger partial charge on any atom is 0.267 e. The zero-order valence-electron chi connectivity index (χ0n) is 12.5. The molecule has 1 amide bonds. The molecule has 0 spiro atoms. The molecule has 0 aliphatic heterocycles. The number of aliphatic hydroxyl groups is 1. The van der Waals surface area contributed by atoms with Crippen molar-refractivity contribution < 1.29 is 9.90 Å². The number of nitrogens with zero attached hydrogens (tertiary/aromatic N) is 1. The Labute approximate surface area is 128 Å². The number of benzene rings is 1. The second-order valence-electron chi connectivity index (χ2n) is 5.42. The molecule has 0 radical (unpaired) electrons. The Morgan fingerprint density at radius 2 is 2.19 bits per heavy atom. The van der Waals surface area contributed by atoms with Crippen molar-refractivity contribution in [1.82, 2.24) is 4.98 Å². The molecule has 0 fully saturated rings. The van der Waals surface area contributed by atoms with E-state index in [2.05, 4.69) is 24.1 Å². The Balaban J connectivity index is 2.19. The number of aliphatic hydroxyl groups excluding tert-OH is 1. The summed E-state index contributed by atoms with van der Waals surface area (Å²) in [6.07, 6.45) is 0.795. The van der Waals surface area contributed by atoms with Crippen molar-refractivity contribution in [3.05, 3.63) is 45.4 Å². The minimum atomic E-state index is -0.133. The Morgan fingerprint density at radius 1 is 1.43 bits per heavy atom. The number of carbonyl (C=O) groups excluding carboxylic acids is 1. The predicted molar refractivity (Wildman–Crippen MR) is 85.7 cm³/mol. The lowest BCUT2D eigenvalue weighted by Gasteiger charge is -2.07. The maximum absolute atomic E-state index is 12.4. The lowest BCUT2D eigenvalue weighted by molar-refractivity contribution is 0.102. The Bertz CT molecular complexity index is 635. The van der Waals surface area contributed by atoms with Gasteiger partial charge in [-0.05, 0) is 37.0 Å². The first kappa shape index (κ1) is 15.7. The van der Waals surface area contributed by atoms with Crippen molar-refractivity contribution >= 4 is 22.9 Å². The minimum Gasteiger partial charge on any atom is -0.392 e. The van der Waals surface area contributed by atoms with Gasteiger partial charge in [-0.2, -0.15) is 0 Å². The molecule has 21 heavy (non-hydrogen) atoms. The number of nitrogens with one attached hydrogen (secondary N) is 1. The lowest BCUT2D eigenvalue weighted by Crippen LogP contribution is -2.13. The summed E-state index contributed by atoms with van der Waals surface area (Å²) in [6, 6.07) is 7.21. The number of thiazole rings is 1. The topological polar surface area (TPSA) is 62.2 Å². The molecule has 0 saturated carbocycles. The largest absolute Gasteiger partial charge is 0.392 e. The quantitative estimate of drug-likeness (QED) is 0.890. The van der Waals surface area contributed by atoms with Crippen molar-refractivity contribution in [1.29, 1.82) is 0 Å². The van der Waals surface area contributed by atoms with E-state index in [-0.39, 0.29) is 12.5 Å². The van der Waals surface area contributed by atoms with Crippen LogP contribution in [0, 0.1) is 12.8 Å². The second kappa shape index (κ2) is 6.83. The summed E-state index contributed by atoms with van der Waals surface area (Å²) in [4.78, 5) is 17.6. The number of hydrogen-bond donors (Lipinski definition) is 2. The summed E-state index contributed by atoms with van der Waals surface area (Å²) in [6.45, 7) is 6.10. The number of aromatic nitrogens is 1. The van der Waals surface area contributed by atoms with Crippen molar-refractivity contribution in [2.75, 3.05) is 5.32 Å². The van der Waals surface area contributed by atoms with E-state index in [1.165, 1.54) is 11.3 Å². The first-order valence-corrected chi connectivity index (χ1v) is 7.78. The third-order valence-corrected chi connectivity index (χ3v) is 3.99. The van der Waals surface area contributed by atoms with Crippen LogP contribution in [0.5, 0.6) is 0 Å². The number of rotatable bonds is 5. The van der Waals surface area contributed by atoms with Crippen molar-refractivity contribution in [2.45, 2.75) is 33.8 Å². The molecule has 0 bridgehead atoms. The molecular formula is C16H20N2O2S. The first-order valence-electron chi connectivity index (χ1n) is 6.97. The molecule has 0 aliphatic carbocycles. The summed E-state index contributed by atoms with van der Waals surface area (Å²) in [5, 5.41) is 12.9. The van der Waals surface area contributed by atoms with Gasteiger partial charge in [0.05, 0.1) is 17.3 Å². The number of amides is 1. The fourth-order valence-electron chi connectivity index (χ4n) is 2.11. The van der Waals surface area contributed by atoms with Crippen LogP contribution in [0.25, 0.3) is 0 Å². The number of carbonyl (C=O) groups is 1. The van der Waals surface area contributed by atoms with Gasteiger partial charge in [0, 0.05) is 5.69 Å². The van der Waals surface area contributed by atoms with Crippen LogP contribution < -0.4 is 5.32 Å². The molecule has 1 aromatic heterocycles. The van der Waals surface area contributed by atoms with Gasteiger partial charge >= 0.3 is 0 Å². The molecular weight excluding hydrogens is 284 g/mol. The van der Waals surface area contributed by atoms with Crippen LogP contribution in [-0.2, 0) is 13.0 Å². The van der Waals surface area contributed by atoms with Gasteiger partial charge in [-0.25, -0.2) is 4.98 Å². The summed E-state index contributed by atoms with van der Waals surface area (Å²) in [5.41, 5.74) is 2.33. The zero-order valence-corrected chi connectivity index (χ0v) is 13.3. The molecule has 2 aromatic rings. The highest BCUT2D eigenvalue weighted by molar-refractivity contribution is 7.13. The molecule has 2 N–H and O–H groups in total. The SMILES string of the molecule is Cc1nc(CC(C)C)c(C(=O)Nc2cccc(CO)c2)s1. The van der Waals surface area contributed by atoms with Gasteiger partial charge in [-0.3, -0.25) is 4.79 Å². The van der Waals surface area contributed by atoms with Crippen LogP contribution in [0.15, 0.2) is 24.3 Å². The zero-order chi connectivity index (χ0) is 15.4. The van der Waals surface area contributed by atoms with Gasteiger partial charge in [-0.15, -0.1) is 11.3 Å². The van der Waals surface area contributed by atoms with Gasteiger partial charge in [0.2, 0.25) is 0 Å². The van der Waals surface area contributed by atoms with Gasteiger partial charge in [0.25, 0.3) is 5.91 Å². The molecule has 0 saturated heterocycles. The van der Waals surface area contributed by atoms with E-state index >= 15 is 0 Å². The van der Waals surface area contributed by atoms with E-state index in [9.17, 15) is 4.79 Å². The third kappa shape index (κ3) is 4.12. The van der Waals surface area contributed by atoms with Crippen LogP contribution in [-0.4, -0.2) is 16.0 Å². The highest BCUT2D eigenvalue weighted by Gasteiger charge is 2.17. The van der Waals surface area contributed by atoms with Crippen LogP contribution in [0.1, 0.15) is 39.8 Å². The summed E-state index contributed by atoms with van der Waals surface area (Å²) >= 11 is 1.42. The van der Waals surface area contributed by atoms with Crippen LogP contribution in [0.2, 0.25) is 0 Å². The van der Waals surface area contributed by atoms with E-state index in [0.717, 1.165) is 22.7 Å². The van der Waals surface area contributed by atoms with Crippen molar-refractivity contribution in [3.8, 4) is 0 Å². The van der Waals surface area contributed by atoms with Crippen LogP contribution in [0.4, 0.5) is 5.69 Å². The van der Waals surface area contributed by atoms with Crippen LogP contribution in [0.3, 0.4) is 0 Å². The molecule has 5 heteroatoms. The van der Waals surface area contributed by atoms with Crippen LogP contribution >= 0.6 is 11.3 Å². The smallest absolute Gasteiger partial charge is 0.267 e. The molecule has 0 atom stereocenters. The summed E-state index contributed by atoms with van der Waals surface area (Å²) in [5.74, 6) is 0.321. The Hall–Kier alpha value is -1.72. The molecule has 1 heterocycles. The summed E-state index contributed by atoms with van der Waals surface area (Å²) < 4.78 is 0. The average molecular weight is 304 g/mol. The monoisotopic (exact) mass is 304 g/mol. The highest BCUT2D eigenvalue weighted by atomic mass is 32.1. The van der Waals surface area contributed by atoms with Gasteiger partial charge in [0.15, 0.2) is 0 Å². The minimum absolute atomic E-state index is 0.0397. The van der Waals surface area contributed by atoms with Crippen molar-refractivity contribution in [2.24, 2.45) is 5.92 Å². The number of hydrogen-bond acceptors (Lipinski definition) is 4. The van der Waals surface area contributed by atoms with Gasteiger partial charge in [-0.1, -0.05) is 26.0 Å². The molecule has 2 rings (SSSR count). The fourth-order valence-corrected chi connectivity index (χ4v) is 2.95. The molecule has 112 valence electrons. The Morgan fingerprint density at radius 3 is 2.86 bits per heavy atom. The Kier molecular flexibility index (Phi) is 5.09. The number of aryl methyl sites for hydroxylation is 1. The van der Waals surface area contributed by atoms with E-state index in [0.29, 0.717) is 16.5 Å². The molecule has 0 aliphatic rings. The average Bonchev–Trinajstić information content (AvgIpc) is 2.79. The standard InChI is InChI=1S/C16H20N2O2S/c1-10(2)7-14-15(21-11(3)17-14)16(20)18-13-6-4-5-12(8-13)9-19/h4-6,8,10,19H,7,9H2,1-3H3,(H,18,20). The van der Waals surface area contributed by atoms with Gasteiger partial charge in [0.1, 0.15) is 4.88 Å². The van der Waals surface area contributed by atoms with Gasteiger partial charge < -0.3 is 10.4 Å². The van der Waals surface area contributed by atoms with E-state index in [1.54, 1.807) is 6.07 Å². The normalized spacial score (nSPS) is 10.9. The molecule has 4 nitrogen and oxygen atoms in total. The third-order valence-electron chi connectivity index (χ3n) is 2.98. The number of anilines is 1. The first-order chi connectivity index (χ1) is 9.99. The second-order valence-corrected chi connectivity index (χ2v) is 6.62. The fraction of sp³-hybridized carbons (Fsp3) is 0.375. The van der Waals surface area contributed by atoms with E-state index in [1.807, 2.05) is 25.1 Å². The lowest BCUT2D eigenvalue weighted by atomic mass is 10.1. The van der Waals surface area contributed by atoms with E-state index < -0.39 is 0 Å². The predicted octanol–water partition coefficient (Wildman–Crippen LogP) is 3.39.